The van der Waals surface area contributed by atoms with Crippen molar-refractivity contribution in [2.75, 3.05) is 8.77 Å². The van der Waals surface area contributed by atoms with Crippen molar-refractivity contribution in [3.63, 3.8) is 0 Å². The second-order valence-electron chi connectivity index (χ2n) is 2.82. The maximum absolute atomic E-state index is 11.2. The first-order valence-electron chi connectivity index (χ1n) is 3.64. The number of anilines is 1. The minimum absolute atomic E-state index is 0.683. The Morgan fingerprint density at radius 2 is 2.00 bits per heavy atom. The van der Waals surface area contributed by atoms with Gasteiger partial charge in [0.2, 0.25) is 10.0 Å². The minimum Gasteiger partial charge on any atom is -0.210 e. The maximum Gasteiger partial charge on any atom is 0.240 e. The molecule has 0 aromatic heterocycles. The predicted molar refractivity (Wildman–Crippen MR) is 62.5 cm³/mol. The third-order valence-electron chi connectivity index (χ3n) is 1.50. The fourth-order valence-corrected chi connectivity index (χ4v) is 1.73. The number of aryl methyl sites for hydroxylation is 1. The average molecular weight is 311 g/mol. The molecular formula is C8H10INO2S. The lowest BCUT2D eigenvalue weighted by Gasteiger charge is -2.13. The van der Waals surface area contributed by atoms with Gasteiger partial charge >= 0.3 is 0 Å². The van der Waals surface area contributed by atoms with Gasteiger partial charge in [0.1, 0.15) is 0 Å². The topological polar surface area (TPSA) is 37.4 Å². The molecule has 3 nitrogen and oxygen atoms in total. The van der Waals surface area contributed by atoms with Gasteiger partial charge in [-0.05, 0) is 24.6 Å². The van der Waals surface area contributed by atoms with Crippen LogP contribution in [0.2, 0.25) is 0 Å². The molecule has 0 aliphatic rings. The molecule has 0 fully saturated rings. The Kier molecular flexibility index (Phi) is 3.18. The summed E-state index contributed by atoms with van der Waals surface area (Å²) >= 11 is 1.78. The van der Waals surface area contributed by atoms with E-state index >= 15 is 0 Å². The van der Waals surface area contributed by atoms with Gasteiger partial charge in [-0.3, -0.25) is 0 Å². The molecule has 0 N–H and O–H groups in total. The highest BCUT2D eigenvalue weighted by atomic mass is 127. The molecule has 0 radical (unpaired) electrons. The van der Waals surface area contributed by atoms with Crippen LogP contribution in [0.5, 0.6) is 0 Å². The van der Waals surface area contributed by atoms with Crippen molar-refractivity contribution in [3.8, 4) is 0 Å². The van der Waals surface area contributed by atoms with E-state index in [1.54, 1.807) is 28.9 Å². The van der Waals surface area contributed by atoms with E-state index in [-0.39, 0.29) is 0 Å². The second-order valence-corrected chi connectivity index (χ2v) is 6.27. The Morgan fingerprint density at radius 3 is 2.46 bits per heavy atom. The zero-order chi connectivity index (χ0) is 10.1. The number of rotatable bonds is 2. The minimum atomic E-state index is -3.15. The molecule has 0 amide bonds. The van der Waals surface area contributed by atoms with Crippen LogP contribution in [0.1, 0.15) is 5.56 Å². The Labute approximate surface area is 92.3 Å². The largest absolute Gasteiger partial charge is 0.240 e. The van der Waals surface area contributed by atoms with E-state index in [0.29, 0.717) is 5.69 Å². The van der Waals surface area contributed by atoms with Crippen LogP contribution >= 0.6 is 22.9 Å². The maximum atomic E-state index is 11.2. The number of hydrogen-bond acceptors (Lipinski definition) is 2. The average Bonchev–Trinajstić information content (AvgIpc) is 2.01. The highest BCUT2D eigenvalue weighted by Crippen LogP contribution is 2.22. The Bertz CT molecular complexity index is 402. The van der Waals surface area contributed by atoms with Crippen molar-refractivity contribution < 1.29 is 8.42 Å². The smallest absolute Gasteiger partial charge is 0.210 e. The van der Waals surface area contributed by atoms with E-state index in [1.807, 2.05) is 25.1 Å². The van der Waals surface area contributed by atoms with Crippen molar-refractivity contribution >= 4 is 38.6 Å². The lowest BCUT2D eigenvalue weighted by Crippen LogP contribution is -2.18. The monoisotopic (exact) mass is 311 g/mol. The van der Waals surface area contributed by atoms with E-state index in [9.17, 15) is 8.42 Å². The van der Waals surface area contributed by atoms with Gasteiger partial charge in [-0.15, -0.1) is 0 Å². The van der Waals surface area contributed by atoms with Crippen LogP contribution in [0.4, 0.5) is 5.69 Å². The number of hydrogen-bond donors (Lipinski definition) is 0. The van der Waals surface area contributed by atoms with Gasteiger partial charge in [0.15, 0.2) is 0 Å². The number of halogens is 1. The Hall–Kier alpha value is -0.300. The van der Waals surface area contributed by atoms with Crippen molar-refractivity contribution in [3.05, 3.63) is 29.8 Å². The molecule has 0 unspecified atom stereocenters. The molecule has 1 rings (SSSR count). The summed E-state index contributed by atoms with van der Waals surface area (Å²) in [7, 11) is -3.15. The summed E-state index contributed by atoms with van der Waals surface area (Å²) < 4.78 is 23.6. The molecule has 0 atom stereocenters. The van der Waals surface area contributed by atoms with E-state index in [1.165, 1.54) is 8.77 Å². The molecule has 72 valence electrons. The molecule has 13 heavy (non-hydrogen) atoms. The predicted octanol–water partition coefficient (Wildman–Crippen LogP) is 2.11. The van der Waals surface area contributed by atoms with Gasteiger partial charge in [-0.2, -0.15) is 0 Å². The molecule has 0 aliphatic carbocycles. The summed E-state index contributed by atoms with van der Waals surface area (Å²) in [5.41, 5.74) is 1.73. The first-order valence-corrected chi connectivity index (χ1v) is 6.45. The van der Waals surface area contributed by atoms with Gasteiger partial charge < -0.3 is 0 Å². The Balaban J connectivity index is 3.10. The van der Waals surface area contributed by atoms with Gasteiger partial charge in [0.05, 0.1) is 34.8 Å². The molecule has 5 heteroatoms. The summed E-state index contributed by atoms with van der Waals surface area (Å²) in [6.07, 6.45) is 1.18. The lowest BCUT2D eigenvalue weighted by atomic mass is 10.2. The van der Waals surface area contributed by atoms with Crippen LogP contribution in [0, 0.1) is 6.92 Å². The van der Waals surface area contributed by atoms with Crippen LogP contribution in [-0.4, -0.2) is 14.7 Å². The molecule has 0 saturated carbocycles. The molecule has 1 aromatic carbocycles. The molecule has 0 bridgehead atoms. The number of benzene rings is 1. The number of sulfonamides is 1. The molecule has 0 saturated heterocycles. The van der Waals surface area contributed by atoms with Gasteiger partial charge in [0.25, 0.3) is 0 Å². The zero-order valence-corrected chi connectivity index (χ0v) is 10.3. The lowest BCUT2D eigenvalue weighted by molar-refractivity contribution is 0.605. The number of nitrogens with zero attached hydrogens (tertiary/aromatic N) is 1. The quantitative estimate of drug-likeness (QED) is 0.620. The fraction of sp³-hybridized carbons (Fsp3) is 0.250. The zero-order valence-electron chi connectivity index (χ0n) is 7.36. The van der Waals surface area contributed by atoms with Crippen molar-refractivity contribution in [1.29, 1.82) is 0 Å². The summed E-state index contributed by atoms with van der Waals surface area (Å²) in [6, 6.07) is 7.35. The van der Waals surface area contributed by atoms with E-state index in [0.717, 1.165) is 5.56 Å². The second kappa shape index (κ2) is 3.83. The third kappa shape index (κ3) is 2.84. The van der Waals surface area contributed by atoms with Crippen LogP contribution in [0.15, 0.2) is 24.3 Å². The highest BCUT2D eigenvalue weighted by Gasteiger charge is 2.13. The summed E-state index contributed by atoms with van der Waals surface area (Å²) in [6.45, 7) is 1.93. The Morgan fingerprint density at radius 1 is 1.38 bits per heavy atom. The van der Waals surface area contributed by atoms with Crippen LogP contribution < -0.4 is 2.52 Å². The highest BCUT2D eigenvalue weighted by molar-refractivity contribution is 14.1. The van der Waals surface area contributed by atoms with Gasteiger partial charge in [-0.1, -0.05) is 12.1 Å². The van der Waals surface area contributed by atoms with Crippen LogP contribution in [-0.2, 0) is 10.0 Å². The summed E-state index contributed by atoms with van der Waals surface area (Å²) in [5, 5.41) is 0. The molecule has 0 spiro atoms. The third-order valence-corrected chi connectivity index (χ3v) is 4.99. The van der Waals surface area contributed by atoms with Crippen LogP contribution in [0.3, 0.4) is 0 Å². The fourth-order valence-electron chi connectivity index (χ4n) is 0.929. The molecule has 0 heterocycles. The van der Waals surface area contributed by atoms with Gasteiger partial charge in [0, 0.05) is 0 Å². The van der Waals surface area contributed by atoms with E-state index in [2.05, 4.69) is 0 Å². The first-order chi connectivity index (χ1) is 5.91. The van der Waals surface area contributed by atoms with E-state index in [4.69, 9.17) is 0 Å². The first kappa shape index (κ1) is 10.8. The summed E-state index contributed by atoms with van der Waals surface area (Å²) in [4.78, 5) is 0. The summed E-state index contributed by atoms with van der Waals surface area (Å²) in [5.74, 6) is 0. The SMILES string of the molecule is Cc1cccc(N(I)S(C)(=O)=O)c1. The van der Waals surface area contributed by atoms with Crippen molar-refractivity contribution in [1.82, 2.24) is 0 Å². The van der Waals surface area contributed by atoms with Crippen LogP contribution in [0.25, 0.3) is 0 Å². The van der Waals surface area contributed by atoms with Gasteiger partial charge in [-0.25, -0.2) is 10.9 Å². The standard InChI is InChI=1S/C8H10INO2S/c1-7-4-3-5-8(6-7)10(9)13(2,11)12/h3-6H,1-2H3. The normalized spacial score (nSPS) is 11.3. The van der Waals surface area contributed by atoms with Crippen molar-refractivity contribution in [2.45, 2.75) is 6.92 Å². The molecule has 0 aliphatic heterocycles. The molecular weight excluding hydrogens is 301 g/mol. The van der Waals surface area contributed by atoms with E-state index < -0.39 is 10.0 Å². The molecule has 1 aromatic rings. The van der Waals surface area contributed by atoms with Crippen molar-refractivity contribution in [2.24, 2.45) is 0 Å².